The highest BCUT2D eigenvalue weighted by molar-refractivity contribution is 5.82. The number of carboxylic acids is 1. The summed E-state index contributed by atoms with van der Waals surface area (Å²) < 4.78 is 0. The van der Waals surface area contributed by atoms with Crippen molar-refractivity contribution >= 4 is 12.0 Å². The molecule has 0 aromatic heterocycles. The second-order valence-corrected chi connectivity index (χ2v) is 4.84. The Hall–Kier alpha value is -1.30. The maximum atomic E-state index is 11.7. The van der Waals surface area contributed by atoms with Gasteiger partial charge in [0, 0.05) is 6.04 Å². The van der Waals surface area contributed by atoms with Gasteiger partial charge in [0.15, 0.2) is 0 Å². The topological polar surface area (TPSA) is 90.5 Å². The highest BCUT2D eigenvalue weighted by Gasteiger charge is 2.26. The van der Waals surface area contributed by atoms with E-state index in [0.717, 1.165) is 25.9 Å². The van der Waals surface area contributed by atoms with E-state index in [4.69, 9.17) is 5.11 Å². The highest BCUT2D eigenvalue weighted by Crippen LogP contribution is 2.08. The molecule has 2 atom stereocenters. The molecule has 2 amide bonds. The van der Waals surface area contributed by atoms with Crippen LogP contribution in [-0.4, -0.2) is 42.3 Å². The number of hydrogen-bond acceptors (Lipinski definition) is 3. The van der Waals surface area contributed by atoms with E-state index in [1.54, 1.807) is 0 Å². The van der Waals surface area contributed by atoms with E-state index in [-0.39, 0.29) is 18.0 Å². The van der Waals surface area contributed by atoms with Gasteiger partial charge < -0.3 is 21.1 Å². The number of aliphatic carboxylic acids is 1. The van der Waals surface area contributed by atoms with Crippen molar-refractivity contribution in [1.82, 2.24) is 16.0 Å². The number of carboxylic acid groups (broad SMARTS) is 1. The first-order valence-electron chi connectivity index (χ1n) is 6.55. The molecule has 0 aromatic carbocycles. The Balaban J connectivity index is 2.42. The van der Waals surface area contributed by atoms with E-state index >= 15 is 0 Å². The number of rotatable bonds is 5. The van der Waals surface area contributed by atoms with Crippen molar-refractivity contribution in [3.8, 4) is 0 Å². The molecule has 0 spiro atoms. The summed E-state index contributed by atoms with van der Waals surface area (Å²) in [6, 6.07) is -1.07. The van der Waals surface area contributed by atoms with Gasteiger partial charge in [-0.05, 0) is 31.8 Å². The largest absolute Gasteiger partial charge is 0.480 e. The summed E-state index contributed by atoms with van der Waals surface area (Å²) in [5, 5.41) is 17.7. The maximum absolute atomic E-state index is 11.7. The fourth-order valence-electron chi connectivity index (χ4n) is 2.02. The molecule has 1 fully saturated rings. The zero-order valence-electron chi connectivity index (χ0n) is 11.0. The molecule has 1 aliphatic rings. The first kappa shape index (κ1) is 14.8. The van der Waals surface area contributed by atoms with Crippen molar-refractivity contribution in [3.05, 3.63) is 0 Å². The van der Waals surface area contributed by atoms with E-state index in [2.05, 4.69) is 16.0 Å². The Bertz CT molecular complexity index is 290. The standard InChI is InChI=1S/C12H23N3O3/c1-3-8(2)10(11(16)17)15-12(18)14-9-4-6-13-7-5-9/h8-10,13H,3-7H2,1-2H3,(H,16,17)(H2,14,15,18). The van der Waals surface area contributed by atoms with E-state index in [0.29, 0.717) is 6.42 Å². The van der Waals surface area contributed by atoms with Crippen LogP contribution in [-0.2, 0) is 4.79 Å². The van der Waals surface area contributed by atoms with Crippen LogP contribution in [0.5, 0.6) is 0 Å². The Morgan fingerprint density at radius 3 is 2.50 bits per heavy atom. The summed E-state index contributed by atoms with van der Waals surface area (Å²) in [6.45, 7) is 5.51. The molecule has 1 saturated heterocycles. The quantitative estimate of drug-likeness (QED) is 0.578. The average Bonchev–Trinajstić information content (AvgIpc) is 2.36. The van der Waals surface area contributed by atoms with Crippen molar-refractivity contribution in [1.29, 1.82) is 0 Å². The predicted molar refractivity (Wildman–Crippen MR) is 68.4 cm³/mol. The molecule has 0 aliphatic carbocycles. The number of urea groups is 1. The van der Waals surface area contributed by atoms with Gasteiger partial charge in [-0.1, -0.05) is 20.3 Å². The van der Waals surface area contributed by atoms with Crippen LogP contribution in [0.15, 0.2) is 0 Å². The molecule has 104 valence electrons. The van der Waals surface area contributed by atoms with Crippen LogP contribution < -0.4 is 16.0 Å². The van der Waals surface area contributed by atoms with Gasteiger partial charge in [0.25, 0.3) is 0 Å². The number of carbonyl (C=O) groups is 2. The summed E-state index contributed by atoms with van der Waals surface area (Å²) in [5.74, 6) is -1.06. The van der Waals surface area contributed by atoms with Gasteiger partial charge in [0.2, 0.25) is 0 Å². The lowest BCUT2D eigenvalue weighted by molar-refractivity contribution is -0.140. The second kappa shape index (κ2) is 7.20. The van der Waals surface area contributed by atoms with Gasteiger partial charge in [-0.3, -0.25) is 0 Å². The molecule has 1 heterocycles. The fourth-order valence-corrected chi connectivity index (χ4v) is 2.02. The molecule has 18 heavy (non-hydrogen) atoms. The summed E-state index contributed by atoms with van der Waals surface area (Å²) in [5.41, 5.74) is 0. The minimum atomic E-state index is -0.982. The third kappa shape index (κ3) is 4.52. The van der Waals surface area contributed by atoms with Gasteiger partial charge >= 0.3 is 12.0 Å². The molecule has 4 N–H and O–H groups in total. The lowest BCUT2D eigenvalue weighted by atomic mass is 9.99. The first-order chi connectivity index (χ1) is 8.54. The summed E-state index contributed by atoms with van der Waals surface area (Å²) in [6.07, 6.45) is 2.48. The number of nitrogens with one attached hydrogen (secondary N) is 3. The third-order valence-corrected chi connectivity index (χ3v) is 3.44. The van der Waals surface area contributed by atoms with Crippen LogP contribution in [0.4, 0.5) is 4.79 Å². The molecule has 0 bridgehead atoms. The Labute approximate surface area is 108 Å². The fraction of sp³-hybridized carbons (Fsp3) is 0.833. The van der Waals surface area contributed by atoms with E-state index in [9.17, 15) is 9.59 Å². The average molecular weight is 257 g/mol. The molecule has 1 rings (SSSR count). The second-order valence-electron chi connectivity index (χ2n) is 4.84. The van der Waals surface area contributed by atoms with Crippen molar-refractivity contribution < 1.29 is 14.7 Å². The number of carbonyl (C=O) groups excluding carboxylic acids is 1. The molecular formula is C12H23N3O3. The van der Waals surface area contributed by atoms with Crippen LogP contribution in [0.1, 0.15) is 33.1 Å². The lowest BCUT2D eigenvalue weighted by Gasteiger charge is -2.26. The van der Waals surface area contributed by atoms with Crippen LogP contribution in [0.3, 0.4) is 0 Å². The first-order valence-corrected chi connectivity index (χ1v) is 6.55. The number of hydrogen-bond donors (Lipinski definition) is 4. The van der Waals surface area contributed by atoms with Crippen molar-refractivity contribution in [2.45, 2.75) is 45.2 Å². The zero-order valence-corrected chi connectivity index (χ0v) is 11.0. The monoisotopic (exact) mass is 257 g/mol. The van der Waals surface area contributed by atoms with E-state index in [1.807, 2.05) is 13.8 Å². The van der Waals surface area contributed by atoms with Crippen LogP contribution >= 0.6 is 0 Å². The Kier molecular flexibility index (Phi) is 5.91. The van der Waals surface area contributed by atoms with E-state index < -0.39 is 12.0 Å². The SMILES string of the molecule is CCC(C)C(NC(=O)NC1CCNCC1)C(=O)O. The van der Waals surface area contributed by atoms with Crippen molar-refractivity contribution in [2.24, 2.45) is 5.92 Å². The molecular weight excluding hydrogens is 234 g/mol. The zero-order chi connectivity index (χ0) is 13.5. The van der Waals surface area contributed by atoms with Crippen molar-refractivity contribution in [2.75, 3.05) is 13.1 Å². The van der Waals surface area contributed by atoms with Crippen LogP contribution in [0.2, 0.25) is 0 Å². The predicted octanol–water partition coefficient (Wildman–Crippen LogP) is 0.537. The van der Waals surface area contributed by atoms with Gasteiger partial charge in [-0.2, -0.15) is 0 Å². The minimum absolute atomic E-state index is 0.0822. The number of amides is 2. The third-order valence-electron chi connectivity index (χ3n) is 3.44. The summed E-state index contributed by atoms with van der Waals surface area (Å²) in [4.78, 5) is 22.8. The Morgan fingerprint density at radius 2 is 2.00 bits per heavy atom. The normalized spacial score (nSPS) is 19.9. The van der Waals surface area contributed by atoms with Gasteiger partial charge in [-0.25, -0.2) is 9.59 Å². The number of piperidine rings is 1. The molecule has 0 aromatic rings. The Morgan fingerprint density at radius 1 is 1.39 bits per heavy atom. The molecule has 2 unspecified atom stereocenters. The van der Waals surface area contributed by atoms with Gasteiger partial charge in [0.1, 0.15) is 6.04 Å². The maximum Gasteiger partial charge on any atom is 0.326 e. The van der Waals surface area contributed by atoms with Gasteiger partial charge in [-0.15, -0.1) is 0 Å². The molecule has 0 radical (unpaired) electrons. The summed E-state index contributed by atoms with van der Waals surface area (Å²) >= 11 is 0. The highest BCUT2D eigenvalue weighted by atomic mass is 16.4. The minimum Gasteiger partial charge on any atom is -0.480 e. The molecule has 0 saturated carbocycles. The molecule has 6 nitrogen and oxygen atoms in total. The van der Waals surface area contributed by atoms with E-state index in [1.165, 1.54) is 0 Å². The lowest BCUT2D eigenvalue weighted by Crippen LogP contribution is -2.52. The van der Waals surface area contributed by atoms with Gasteiger partial charge in [0.05, 0.1) is 0 Å². The summed E-state index contributed by atoms with van der Waals surface area (Å²) in [7, 11) is 0. The van der Waals surface area contributed by atoms with Crippen LogP contribution in [0.25, 0.3) is 0 Å². The van der Waals surface area contributed by atoms with Crippen molar-refractivity contribution in [3.63, 3.8) is 0 Å². The van der Waals surface area contributed by atoms with Crippen LogP contribution in [0, 0.1) is 5.92 Å². The molecule has 6 heteroatoms. The smallest absolute Gasteiger partial charge is 0.326 e. The molecule has 1 aliphatic heterocycles.